The van der Waals surface area contributed by atoms with Gasteiger partial charge >= 0.3 is 89.9 Å². The number of hydrogen-bond donors (Lipinski definition) is 3. The third kappa shape index (κ3) is 1.93. The van der Waals surface area contributed by atoms with Crippen molar-refractivity contribution in [2.24, 2.45) is 0 Å². The van der Waals surface area contributed by atoms with Gasteiger partial charge in [0.25, 0.3) is 0 Å². The standard InChI is InChI=1S/C11H19O3P/c1-4-11(2,3)15(12,13,14)10-8-6-5-7-9-10/h5-9,12-14H,4H2,1-3H3. The minimum absolute atomic E-state index is 0.218. The quantitative estimate of drug-likeness (QED) is 0.693. The average Bonchev–Trinajstić information content (AvgIpc) is 2.18. The van der Waals surface area contributed by atoms with Crippen LogP contribution in [0.5, 0.6) is 0 Å². The monoisotopic (exact) mass is 230 g/mol. The Bertz CT molecular complexity index is 338. The van der Waals surface area contributed by atoms with Crippen LogP contribution in [0.15, 0.2) is 30.3 Å². The van der Waals surface area contributed by atoms with Gasteiger partial charge in [-0.1, -0.05) is 0 Å². The zero-order valence-corrected chi connectivity index (χ0v) is 10.3. The Balaban J connectivity index is 3.32. The van der Waals surface area contributed by atoms with Gasteiger partial charge in [0, 0.05) is 0 Å². The first kappa shape index (κ1) is 12.6. The van der Waals surface area contributed by atoms with Crippen LogP contribution in [0.1, 0.15) is 27.2 Å². The van der Waals surface area contributed by atoms with Crippen LogP contribution < -0.4 is 5.30 Å². The van der Waals surface area contributed by atoms with E-state index in [1.807, 2.05) is 6.92 Å². The van der Waals surface area contributed by atoms with Crippen molar-refractivity contribution < 1.29 is 14.7 Å². The molecule has 0 saturated heterocycles. The fourth-order valence-electron chi connectivity index (χ4n) is 1.34. The van der Waals surface area contributed by atoms with Crippen LogP contribution >= 0.6 is 7.28 Å². The molecule has 1 aromatic rings. The van der Waals surface area contributed by atoms with E-state index in [0.717, 1.165) is 0 Å². The van der Waals surface area contributed by atoms with Gasteiger partial charge in [-0.25, -0.2) is 0 Å². The molecular formula is C11H19O3P. The molecule has 0 spiro atoms. The van der Waals surface area contributed by atoms with E-state index in [2.05, 4.69) is 0 Å². The summed E-state index contributed by atoms with van der Waals surface area (Å²) in [7, 11) is -4.79. The molecule has 0 aliphatic carbocycles. The summed E-state index contributed by atoms with van der Waals surface area (Å²) in [6.45, 7) is 5.16. The molecule has 0 unspecified atom stereocenters. The SMILES string of the molecule is CCC(C)(C)P(O)(O)(O)c1ccccc1. The summed E-state index contributed by atoms with van der Waals surface area (Å²) in [5.41, 5.74) is 0. The van der Waals surface area contributed by atoms with Gasteiger partial charge in [0.15, 0.2) is 0 Å². The third-order valence-electron chi connectivity index (χ3n) is 3.21. The fourth-order valence-corrected chi connectivity index (χ4v) is 3.35. The first-order chi connectivity index (χ1) is 6.70. The number of rotatable bonds is 3. The molecule has 0 fully saturated rings. The molecule has 0 saturated carbocycles. The van der Waals surface area contributed by atoms with E-state index in [-0.39, 0.29) is 5.30 Å². The maximum atomic E-state index is 10.2. The van der Waals surface area contributed by atoms with Crippen molar-refractivity contribution in [1.82, 2.24) is 0 Å². The van der Waals surface area contributed by atoms with Crippen LogP contribution in [-0.2, 0) is 0 Å². The Kier molecular flexibility index (Phi) is 2.97. The predicted octanol–water partition coefficient (Wildman–Crippen LogP) is 1.78. The van der Waals surface area contributed by atoms with Crippen LogP contribution in [0.25, 0.3) is 0 Å². The molecule has 0 heterocycles. The summed E-state index contributed by atoms with van der Waals surface area (Å²) < 4.78 is 0. The van der Waals surface area contributed by atoms with E-state index in [1.165, 1.54) is 0 Å². The molecule has 0 aliphatic heterocycles. The van der Waals surface area contributed by atoms with Gasteiger partial charge < -0.3 is 0 Å². The first-order valence-corrected chi connectivity index (χ1v) is 7.11. The number of hydrogen-bond acceptors (Lipinski definition) is 3. The fraction of sp³-hybridized carbons (Fsp3) is 0.455. The van der Waals surface area contributed by atoms with Crippen molar-refractivity contribution >= 4 is 12.6 Å². The molecule has 15 heavy (non-hydrogen) atoms. The van der Waals surface area contributed by atoms with Gasteiger partial charge in [-0.05, 0) is 0 Å². The normalized spacial score (nSPS) is 15.7. The maximum absolute atomic E-state index is 10.2. The Hall–Kier alpha value is -0.470. The predicted molar refractivity (Wildman–Crippen MR) is 64.0 cm³/mol. The van der Waals surface area contributed by atoms with Crippen LogP contribution in [-0.4, -0.2) is 19.8 Å². The summed E-state index contributed by atoms with van der Waals surface area (Å²) in [5.74, 6) is 0. The summed E-state index contributed by atoms with van der Waals surface area (Å²) in [5, 5.41) is -0.706. The van der Waals surface area contributed by atoms with E-state index >= 15 is 0 Å². The molecule has 3 N–H and O–H groups in total. The van der Waals surface area contributed by atoms with Crippen LogP contribution in [0.2, 0.25) is 0 Å². The molecule has 0 radical (unpaired) electrons. The summed E-state index contributed by atoms with van der Waals surface area (Å²) in [6.07, 6.45) is 0.489. The molecule has 86 valence electrons. The Morgan fingerprint density at radius 3 is 1.93 bits per heavy atom. The van der Waals surface area contributed by atoms with Crippen LogP contribution in [0.4, 0.5) is 0 Å². The van der Waals surface area contributed by atoms with Gasteiger partial charge in [-0.3, -0.25) is 0 Å². The minimum atomic E-state index is -4.79. The number of benzene rings is 1. The molecule has 1 aromatic carbocycles. The Morgan fingerprint density at radius 2 is 1.53 bits per heavy atom. The van der Waals surface area contributed by atoms with E-state index in [9.17, 15) is 14.7 Å². The first-order valence-electron chi connectivity index (χ1n) is 5.02. The average molecular weight is 230 g/mol. The Morgan fingerprint density at radius 1 is 1.07 bits per heavy atom. The van der Waals surface area contributed by atoms with Gasteiger partial charge in [-0.15, -0.1) is 0 Å². The molecule has 4 heteroatoms. The third-order valence-corrected chi connectivity index (χ3v) is 7.01. The second-order valence-electron chi connectivity index (χ2n) is 4.48. The summed E-state index contributed by atoms with van der Waals surface area (Å²) in [4.78, 5) is 30.7. The van der Waals surface area contributed by atoms with Crippen LogP contribution in [0.3, 0.4) is 0 Å². The van der Waals surface area contributed by atoms with Gasteiger partial charge in [0.05, 0.1) is 0 Å². The molecular weight excluding hydrogens is 211 g/mol. The molecule has 0 atom stereocenters. The second-order valence-corrected chi connectivity index (χ2v) is 8.17. The van der Waals surface area contributed by atoms with Crippen molar-refractivity contribution in [3.05, 3.63) is 30.3 Å². The van der Waals surface area contributed by atoms with Crippen molar-refractivity contribution in [2.75, 3.05) is 0 Å². The molecule has 1 rings (SSSR count). The van der Waals surface area contributed by atoms with Crippen molar-refractivity contribution in [3.8, 4) is 0 Å². The zero-order valence-electron chi connectivity index (χ0n) is 9.38. The zero-order chi connectivity index (χ0) is 11.8. The van der Waals surface area contributed by atoms with Crippen LogP contribution in [0, 0.1) is 0 Å². The topological polar surface area (TPSA) is 60.7 Å². The molecule has 3 nitrogen and oxygen atoms in total. The molecule has 0 bridgehead atoms. The van der Waals surface area contributed by atoms with Crippen molar-refractivity contribution in [2.45, 2.75) is 32.3 Å². The molecule has 0 amide bonds. The van der Waals surface area contributed by atoms with E-state index in [1.54, 1.807) is 44.2 Å². The summed E-state index contributed by atoms with van der Waals surface area (Å²) >= 11 is 0. The van der Waals surface area contributed by atoms with Gasteiger partial charge in [0.1, 0.15) is 0 Å². The second kappa shape index (κ2) is 3.53. The van der Waals surface area contributed by atoms with Gasteiger partial charge in [0.2, 0.25) is 0 Å². The van der Waals surface area contributed by atoms with E-state index in [0.29, 0.717) is 6.42 Å². The Labute approximate surface area is 90.6 Å². The molecule has 0 aromatic heterocycles. The van der Waals surface area contributed by atoms with E-state index in [4.69, 9.17) is 0 Å². The summed E-state index contributed by atoms with van der Waals surface area (Å²) in [6, 6.07) is 8.25. The van der Waals surface area contributed by atoms with E-state index < -0.39 is 12.4 Å². The van der Waals surface area contributed by atoms with Crippen molar-refractivity contribution in [1.29, 1.82) is 0 Å². The molecule has 0 aliphatic rings. The van der Waals surface area contributed by atoms with Gasteiger partial charge in [-0.2, -0.15) is 0 Å². The van der Waals surface area contributed by atoms with Crippen molar-refractivity contribution in [3.63, 3.8) is 0 Å².